The minimum atomic E-state index is 0.568. The second kappa shape index (κ2) is 17.8. The predicted octanol–water partition coefficient (Wildman–Crippen LogP) is 18.8. The normalized spacial score (nSPS) is 11.7. The van der Waals surface area contributed by atoms with Crippen LogP contribution in [0.15, 0.2) is 271 Å². The Hall–Kier alpha value is -10.2. The SMILES string of the molecule is c1ccc(-c2ccc(-c3ccc(-c4cc5c(cc4-n4c6cc7ccccc7cc6c6cc7ccccc7cc64)oc4cccc(-c6nc(-c7ccccc7)nc(-c7ccc(-c8ccccc8)cc7)n6)c45)cc3)cc2)cc1. The molecule has 0 aliphatic heterocycles. The quantitative estimate of drug-likeness (QED) is 0.152. The summed E-state index contributed by atoms with van der Waals surface area (Å²) in [5.41, 5.74) is 16.6. The van der Waals surface area contributed by atoms with Crippen LogP contribution in [0.1, 0.15) is 0 Å². The zero-order valence-corrected chi connectivity index (χ0v) is 41.1. The fourth-order valence-electron chi connectivity index (χ4n) is 11.2. The molecule has 15 rings (SSSR count). The third-order valence-corrected chi connectivity index (χ3v) is 15.0. The summed E-state index contributed by atoms with van der Waals surface area (Å²) in [7, 11) is 0. The summed E-state index contributed by atoms with van der Waals surface area (Å²) in [6.07, 6.45) is 0. The molecule has 0 fully saturated rings. The van der Waals surface area contributed by atoms with Crippen molar-refractivity contribution in [2.75, 3.05) is 0 Å². The molecule has 0 saturated carbocycles. The van der Waals surface area contributed by atoms with Gasteiger partial charge in [-0.05, 0) is 96.9 Å². The summed E-state index contributed by atoms with van der Waals surface area (Å²) in [5, 5.41) is 9.07. The van der Waals surface area contributed by atoms with E-state index in [4.69, 9.17) is 19.4 Å². The molecule has 0 amide bonds. The molecule has 0 atom stereocenters. The van der Waals surface area contributed by atoms with Gasteiger partial charge >= 0.3 is 0 Å². The smallest absolute Gasteiger partial charge is 0.164 e. The highest BCUT2D eigenvalue weighted by Crippen LogP contribution is 2.45. The van der Waals surface area contributed by atoms with E-state index in [0.717, 1.165) is 88.7 Å². The number of furan rings is 1. The molecule has 3 heterocycles. The fourth-order valence-corrected chi connectivity index (χ4v) is 11.2. The molecule has 76 heavy (non-hydrogen) atoms. The molecule has 0 unspecified atom stereocenters. The Bertz CT molecular complexity index is 4600. The Morgan fingerprint density at radius 1 is 0.263 bits per heavy atom. The van der Waals surface area contributed by atoms with E-state index >= 15 is 0 Å². The van der Waals surface area contributed by atoms with Gasteiger partial charge in [0.2, 0.25) is 0 Å². The first kappa shape index (κ1) is 43.4. The largest absolute Gasteiger partial charge is 0.456 e. The van der Waals surface area contributed by atoms with Crippen molar-refractivity contribution in [3.8, 4) is 84.4 Å². The summed E-state index contributed by atoms with van der Waals surface area (Å²) >= 11 is 0. The van der Waals surface area contributed by atoms with Crippen LogP contribution in [0.2, 0.25) is 0 Å². The minimum absolute atomic E-state index is 0.568. The molecule has 0 aliphatic rings. The van der Waals surface area contributed by atoms with E-state index in [1.165, 1.54) is 43.4 Å². The number of fused-ring (bicyclic) bond motifs is 8. The molecule has 15 aromatic rings. The van der Waals surface area contributed by atoms with Crippen LogP contribution in [0.3, 0.4) is 0 Å². The molecule has 3 aromatic heterocycles. The maximum Gasteiger partial charge on any atom is 0.164 e. The molecule has 0 bridgehead atoms. The van der Waals surface area contributed by atoms with Gasteiger partial charge in [0.25, 0.3) is 0 Å². The number of hydrogen-bond acceptors (Lipinski definition) is 4. The topological polar surface area (TPSA) is 56.7 Å². The molecule has 0 saturated heterocycles. The van der Waals surface area contributed by atoms with Gasteiger partial charge in [-0.2, -0.15) is 0 Å². The maximum atomic E-state index is 7.03. The summed E-state index contributed by atoms with van der Waals surface area (Å²) in [6, 6.07) is 94.9. The third-order valence-electron chi connectivity index (χ3n) is 15.0. The predicted molar refractivity (Wildman–Crippen MR) is 315 cm³/mol. The third kappa shape index (κ3) is 7.44. The standard InChI is InChI=1S/C71H44N4O/c1-4-15-45(16-5-1)47-27-29-49(30-28-47)50-31-35-51(36-32-50)59-43-62-67(44-65(59)75-63-41-56-23-12-10-21-54(56)39-60(63)61-40-55-22-11-13-24-57(55)42-64(61)75)76-66-26-14-25-58(68(62)66)71-73-69(52-19-8-3-9-20-52)72-70(74-71)53-37-33-48(34-38-53)46-17-6-2-7-18-46/h1-44H. The Balaban J connectivity index is 0.956. The van der Waals surface area contributed by atoms with E-state index in [-0.39, 0.29) is 0 Å². The van der Waals surface area contributed by atoms with Crippen molar-refractivity contribution in [2.45, 2.75) is 0 Å². The van der Waals surface area contributed by atoms with Gasteiger partial charge in [0.05, 0.1) is 16.7 Å². The Morgan fingerprint density at radius 2 is 0.658 bits per heavy atom. The van der Waals surface area contributed by atoms with Crippen molar-refractivity contribution in [1.82, 2.24) is 19.5 Å². The van der Waals surface area contributed by atoms with Crippen LogP contribution in [0, 0.1) is 0 Å². The zero-order chi connectivity index (χ0) is 50.1. The summed E-state index contributed by atoms with van der Waals surface area (Å²) < 4.78 is 9.48. The van der Waals surface area contributed by atoms with E-state index < -0.39 is 0 Å². The van der Waals surface area contributed by atoms with Crippen LogP contribution in [0.5, 0.6) is 0 Å². The highest BCUT2D eigenvalue weighted by Gasteiger charge is 2.23. The summed E-state index contributed by atoms with van der Waals surface area (Å²) in [4.78, 5) is 15.7. The Kier molecular flexibility index (Phi) is 10.1. The molecule has 0 N–H and O–H groups in total. The van der Waals surface area contributed by atoms with E-state index in [1.54, 1.807) is 0 Å². The lowest BCUT2D eigenvalue weighted by Gasteiger charge is -2.16. The lowest BCUT2D eigenvalue weighted by molar-refractivity contribution is 0.668. The Morgan fingerprint density at radius 3 is 1.16 bits per heavy atom. The molecule has 0 spiro atoms. The summed E-state index contributed by atoms with van der Waals surface area (Å²) in [5.74, 6) is 1.76. The number of nitrogens with zero attached hydrogens (tertiary/aromatic N) is 4. The van der Waals surface area contributed by atoms with Crippen LogP contribution < -0.4 is 0 Å². The van der Waals surface area contributed by atoms with E-state index in [0.29, 0.717) is 17.5 Å². The monoisotopic (exact) mass is 968 g/mol. The highest BCUT2D eigenvalue weighted by molar-refractivity contribution is 6.18. The number of hydrogen-bond donors (Lipinski definition) is 0. The van der Waals surface area contributed by atoms with Gasteiger partial charge in [0.15, 0.2) is 17.5 Å². The fraction of sp³-hybridized carbons (Fsp3) is 0. The maximum absolute atomic E-state index is 7.03. The van der Waals surface area contributed by atoms with E-state index in [9.17, 15) is 0 Å². The second-order valence-corrected chi connectivity index (χ2v) is 19.6. The number of aromatic nitrogens is 4. The molecular weight excluding hydrogens is 925 g/mol. The lowest BCUT2D eigenvalue weighted by Crippen LogP contribution is -2.00. The molecular formula is C71H44N4O. The Labute approximate surface area is 438 Å². The molecule has 354 valence electrons. The van der Waals surface area contributed by atoms with Gasteiger partial charge in [-0.25, -0.2) is 15.0 Å². The van der Waals surface area contributed by atoms with Crippen molar-refractivity contribution < 1.29 is 4.42 Å². The van der Waals surface area contributed by atoms with Gasteiger partial charge < -0.3 is 8.98 Å². The number of rotatable bonds is 8. The van der Waals surface area contributed by atoms with Crippen LogP contribution >= 0.6 is 0 Å². The van der Waals surface area contributed by atoms with Crippen molar-refractivity contribution >= 4 is 65.3 Å². The van der Waals surface area contributed by atoms with Crippen LogP contribution in [-0.4, -0.2) is 19.5 Å². The number of benzene rings is 12. The van der Waals surface area contributed by atoms with E-state index in [2.05, 4.69) is 229 Å². The zero-order valence-electron chi connectivity index (χ0n) is 41.1. The first-order chi connectivity index (χ1) is 37.6. The van der Waals surface area contributed by atoms with Gasteiger partial charge in [-0.15, -0.1) is 0 Å². The van der Waals surface area contributed by atoms with Crippen LogP contribution in [0.25, 0.3) is 150 Å². The van der Waals surface area contributed by atoms with Crippen molar-refractivity contribution in [2.24, 2.45) is 0 Å². The molecule has 0 radical (unpaired) electrons. The van der Waals surface area contributed by atoms with Gasteiger partial charge in [0, 0.05) is 49.9 Å². The molecule has 12 aromatic carbocycles. The lowest BCUT2D eigenvalue weighted by atomic mass is 9.95. The second-order valence-electron chi connectivity index (χ2n) is 19.6. The van der Waals surface area contributed by atoms with Gasteiger partial charge in [-0.1, -0.05) is 224 Å². The first-order valence-electron chi connectivity index (χ1n) is 25.7. The van der Waals surface area contributed by atoms with E-state index in [1.807, 2.05) is 42.5 Å². The molecule has 5 heteroatoms. The highest BCUT2D eigenvalue weighted by atomic mass is 16.3. The van der Waals surface area contributed by atoms with Crippen molar-refractivity contribution in [1.29, 1.82) is 0 Å². The summed E-state index contributed by atoms with van der Waals surface area (Å²) in [6.45, 7) is 0. The van der Waals surface area contributed by atoms with Gasteiger partial charge in [-0.3, -0.25) is 0 Å². The molecule has 0 aliphatic carbocycles. The van der Waals surface area contributed by atoms with Crippen LogP contribution in [-0.2, 0) is 0 Å². The minimum Gasteiger partial charge on any atom is -0.456 e. The first-order valence-corrected chi connectivity index (χ1v) is 25.7. The molecule has 5 nitrogen and oxygen atoms in total. The van der Waals surface area contributed by atoms with Gasteiger partial charge in [0.1, 0.15) is 11.2 Å². The van der Waals surface area contributed by atoms with Crippen molar-refractivity contribution in [3.05, 3.63) is 267 Å². The van der Waals surface area contributed by atoms with Crippen molar-refractivity contribution in [3.63, 3.8) is 0 Å². The van der Waals surface area contributed by atoms with Crippen LogP contribution in [0.4, 0.5) is 0 Å². The average Bonchev–Trinajstić information content (AvgIpc) is 4.13. The average molecular weight is 969 g/mol.